The topological polar surface area (TPSA) is 108 Å². The highest BCUT2D eigenvalue weighted by atomic mass is 32.2. The Kier molecular flexibility index (Phi) is 4.96. The van der Waals surface area contributed by atoms with E-state index in [-0.39, 0.29) is 36.0 Å². The first-order chi connectivity index (χ1) is 13.1. The Hall–Kier alpha value is -2.27. The van der Waals surface area contributed by atoms with Crippen LogP contribution in [0.15, 0.2) is 52.2 Å². The van der Waals surface area contributed by atoms with Gasteiger partial charge in [-0.05, 0) is 30.7 Å². The van der Waals surface area contributed by atoms with Crippen LogP contribution in [0.1, 0.15) is 18.2 Å². The summed E-state index contributed by atoms with van der Waals surface area (Å²) >= 11 is 0. The summed E-state index contributed by atoms with van der Waals surface area (Å²) in [6, 6.07) is 6.40. The lowest BCUT2D eigenvalue weighted by atomic mass is 10.1. The average Bonchev–Trinajstić information content (AvgIpc) is 3.40. The van der Waals surface area contributed by atoms with E-state index in [9.17, 15) is 13.2 Å². The van der Waals surface area contributed by atoms with Crippen molar-refractivity contribution in [3.8, 4) is 0 Å². The molecule has 144 valence electrons. The number of hydrogen-bond donors (Lipinski definition) is 2. The Balaban J connectivity index is 1.35. The van der Waals surface area contributed by atoms with Gasteiger partial charge < -0.3 is 9.32 Å². The Labute approximate surface area is 157 Å². The molecule has 0 aliphatic carbocycles. The molecule has 0 aromatic carbocycles. The third-order valence-corrected chi connectivity index (χ3v) is 6.79. The minimum atomic E-state index is -3.58. The first-order valence-corrected chi connectivity index (χ1v) is 10.2. The molecule has 4 heterocycles. The number of nitrogens with one attached hydrogen (secondary N) is 2. The number of pyridine rings is 1. The van der Waals surface area contributed by atoms with Crippen molar-refractivity contribution in [2.45, 2.75) is 23.4 Å². The Bertz CT molecular complexity index is 879. The second kappa shape index (κ2) is 7.39. The van der Waals surface area contributed by atoms with Gasteiger partial charge in [-0.1, -0.05) is 0 Å². The second-order valence-electron chi connectivity index (χ2n) is 6.56. The van der Waals surface area contributed by atoms with Crippen LogP contribution in [0.25, 0.3) is 0 Å². The molecule has 2 fully saturated rings. The smallest absolute Gasteiger partial charge is 0.244 e. The van der Waals surface area contributed by atoms with Gasteiger partial charge in [0.05, 0.1) is 12.3 Å². The maximum atomic E-state index is 12.8. The van der Waals surface area contributed by atoms with Gasteiger partial charge in [0.15, 0.2) is 0 Å². The number of aromatic nitrogens is 1. The largest absolute Gasteiger partial charge is 0.468 e. The first-order valence-electron chi connectivity index (χ1n) is 8.79. The Morgan fingerprint density at radius 2 is 1.96 bits per heavy atom. The van der Waals surface area contributed by atoms with Crippen LogP contribution in [-0.4, -0.2) is 60.7 Å². The summed E-state index contributed by atoms with van der Waals surface area (Å²) < 4.78 is 32.1. The normalized spacial score (nSPS) is 24.2. The number of hydrogen-bond acceptors (Lipinski definition) is 7. The predicted molar refractivity (Wildman–Crippen MR) is 95.7 cm³/mol. The van der Waals surface area contributed by atoms with E-state index in [4.69, 9.17) is 4.42 Å². The second-order valence-corrected chi connectivity index (χ2v) is 8.50. The highest BCUT2D eigenvalue weighted by Crippen LogP contribution is 2.24. The zero-order chi connectivity index (χ0) is 18.9. The maximum Gasteiger partial charge on any atom is 0.244 e. The van der Waals surface area contributed by atoms with Crippen LogP contribution in [0.4, 0.5) is 0 Å². The van der Waals surface area contributed by atoms with Crippen molar-refractivity contribution in [1.29, 1.82) is 0 Å². The molecule has 0 spiro atoms. The SMILES string of the molecule is O=C(C1CC(c2ccco2)NN1)N1CCN(S(=O)(=O)c2cccnc2)CC1. The molecule has 4 rings (SSSR count). The van der Waals surface area contributed by atoms with Gasteiger partial charge >= 0.3 is 0 Å². The fourth-order valence-electron chi connectivity index (χ4n) is 3.41. The summed E-state index contributed by atoms with van der Waals surface area (Å²) in [7, 11) is -3.58. The monoisotopic (exact) mass is 391 g/mol. The Morgan fingerprint density at radius 3 is 2.63 bits per heavy atom. The van der Waals surface area contributed by atoms with Crippen molar-refractivity contribution in [2.75, 3.05) is 26.2 Å². The average molecular weight is 391 g/mol. The fourth-order valence-corrected chi connectivity index (χ4v) is 4.80. The molecule has 2 aliphatic rings. The summed E-state index contributed by atoms with van der Waals surface area (Å²) in [4.78, 5) is 18.5. The van der Waals surface area contributed by atoms with Crippen LogP contribution in [0.3, 0.4) is 0 Å². The van der Waals surface area contributed by atoms with Gasteiger partial charge in [-0.25, -0.2) is 19.3 Å². The standard InChI is InChI=1S/C17H21N5O4S/c23-17(15-11-14(19-20-15)16-4-2-10-26-16)21-6-8-22(9-7-21)27(24,25)13-3-1-5-18-12-13/h1-5,10,12,14-15,19-20H,6-9,11H2. The van der Waals surface area contributed by atoms with Crippen LogP contribution in [0, 0.1) is 0 Å². The third-order valence-electron chi connectivity index (χ3n) is 4.91. The van der Waals surface area contributed by atoms with Gasteiger partial charge in [0.1, 0.15) is 16.7 Å². The lowest BCUT2D eigenvalue weighted by molar-refractivity contribution is -0.134. The molecular weight excluding hydrogens is 370 g/mol. The molecule has 2 saturated heterocycles. The summed E-state index contributed by atoms with van der Waals surface area (Å²) in [5, 5.41) is 0. The Morgan fingerprint density at radius 1 is 1.15 bits per heavy atom. The van der Waals surface area contributed by atoms with Crippen molar-refractivity contribution in [1.82, 2.24) is 25.0 Å². The molecule has 2 atom stereocenters. The van der Waals surface area contributed by atoms with E-state index in [2.05, 4.69) is 15.8 Å². The molecule has 2 unspecified atom stereocenters. The van der Waals surface area contributed by atoms with Gasteiger partial charge in [0.25, 0.3) is 0 Å². The van der Waals surface area contributed by atoms with Crippen molar-refractivity contribution >= 4 is 15.9 Å². The van der Waals surface area contributed by atoms with Crippen LogP contribution in [0.5, 0.6) is 0 Å². The fraction of sp³-hybridized carbons (Fsp3) is 0.412. The molecule has 2 aromatic rings. The van der Waals surface area contributed by atoms with Crippen molar-refractivity contribution in [3.05, 3.63) is 48.7 Å². The van der Waals surface area contributed by atoms with Gasteiger partial charge in [0, 0.05) is 38.6 Å². The van der Waals surface area contributed by atoms with E-state index < -0.39 is 10.0 Å². The highest BCUT2D eigenvalue weighted by molar-refractivity contribution is 7.89. The van der Waals surface area contributed by atoms with Crippen molar-refractivity contribution < 1.29 is 17.6 Å². The molecular formula is C17H21N5O4S. The van der Waals surface area contributed by atoms with Crippen molar-refractivity contribution in [2.24, 2.45) is 0 Å². The summed E-state index contributed by atoms with van der Waals surface area (Å²) in [6.07, 6.45) is 5.07. The quantitative estimate of drug-likeness (QED) is 0.762. The summed E-state index contributed by atoms with van der Waals surface area (Å²) in [6.45, 7) is 1.26. The number of rotatable bonds is 4. The lowest BCUT2D eigenvalue weighted by Gasteiger charge is -2.35. The number of furan rings is 1. The number of sulfonamides is 1. The highest BCUT2D eigenvalue weighted by Gasteiger charge is 2.36. The minimum Gasteiger partial charge on any atom is -0.468 e. The molecule has 0 bridgehead atoms. The molecule has 9 nitrogen and oxygen atoms in total. The lowest BCUT2D eigenvalue weighted by Crippen LogP contribution is -2.54. The predicted octanol–water partition coefficient (Wildman–Crippen LogP) is 0.115. The zero-order valence-electron chi connectivity index (χ0n) is 14.6. The van der Waals surface area contributed by atoms with E-state index in [1.165, 1.54) is 22.8 Å². The number of amides is 1. The minimum absolute atomic E-state index is 0.0324. The van der Waals surface area contributed by atoms with E-state index in [1.54, 1.807) is 17.2 Å². The first kappa shape index (κ1) is 18.1. The van der Waals surface area contributed by atoms with Gasteiger partial charge in [-0.3, -0.25) is 9.78 Å². The van der Waals surface area contributed by atoms with Gasteiger partial charge in [-0.2, -0.15) is 4.31 Å². The van der Waals surface area contributed by atoms with Crippen LogP contribution in [-0.2, 0) is 14.8 Å². The number of carbonyl (C=O) groups is 1. The van der Waals surface area contributed by atoms with Crippen LogP contribution in [0.2, 0.25) is 0 Å². The van der Waals surface area contributed by atoms with Crippen LogP contribution >= 0.6 is 0 Å². The molecule has 1 amide bonds. The van der Waals surface area contributed by atoms with E-state index in [0.29, 0.717) is 19.5 Å². The molecule has 0 radical (unpaired) electrons. The van der Waals surface area contributed by atoms with Crippen LogP contribution < -0.4 is 10.9 Å². The zero-order valence-corrected chi connectivity index (χ0v) is 15.4. The number of nitrogens with zero attached hydrogens (tertiary/aromatic N) is 3. The van der Waals surface area contributed by atoms with E-state index >= 15 is 0 Å². The number of hydrazine groups is 1. The van der Waals surface area contributed by atoms with E-state index in [1.807, 2.05) is 12.1 Å². The third kappa shape index (κ3) is 3.61. The molecule has 2 aromatic heterocycles. The van der Waals surface area contributed by atoms with Gasteiger partial charge in [-0.15, -0.1) is 0 Å². The maximum absolute atomic E-state index is 12.8. The number of carbonyl (C=O) groups excluding carboxylic acids is 1. The summed E-state index contributed by atoms with van der Waals surface area (Å²) in [5.74, 6) is 0.750. The summed E-state index contributed by atoms with van der Waals surface area (Å²) in [5.41, 5.74) is 6.10. The van der Waals surface area contributed by atoms with Gasteiger partial charge in [0.2, 0.25) is 15.9 Å². The van der Waals surface area contributed by atoms with E-state index in [0.717, 1.165) is 5.76 Å². The van der Waals surface area contributed by atoms with Crippen molar-refractivity contribution in [3.63, 3.8) is 0 Å². The molecule has 2 N–H and O–H groups in total. The molecule has 10 heteroatoms. The molecule has 2 aliphatic heterocycles. The number of piperazine rings is 1. The molecule has 27 heavy (non-hydrogen) atoms. The molecule has 0 saturated carbocycles.